The van der Waals surface area contributed by atoms with E-state index in [9.17, 15) is 0 Å². The Labute approximate surface area is 95.1 Å². The summed E-state index contributed by atoms with van der Waals surface area (Å²) >= 11 is 0. The quantitative estimate of drug-likeness (QED) is 0.731. The van der Waals surface area contributed by atoms with Crippen LogP contribution in [0.2, 0.25) is 0 Å². The first-order valence-electron chi connectivity index (χ1n) is 5.27. The molecule has 2 rings (SSSR count). The zero-order valence-electron chi connectivity index (χ0n) is 10.4. The van der Waals surface area contributed by atoms with E-state index in [4.69, 9.17) is 0 Å². The fraction of sp³-hybridized carbons (Fsp3) is 0.545. The van der Waals surface area contributed by atoms with Crippen LogP contribution in [-0.2, 0) is 5.54 Å². The lowest BCUT2D eigenvalue weighted by Gasteiger charge is -2.21. The molecule has 0 bridgehead atoms. The molecule has 86 valence electrons. The van der Waals surface area contributed by atoms with Gasteiger partial charge >= 0.3 is 0 Å². The van der Waals surface area contributed by atoms with E-state index in [0.29, 0.717) is 0 Å². The number of fused-ring (bicyclic) bond motifs is 1. The Morgan fingerprint density at radius 3 is 2.38 bits per heavy atom. The van der Waals surface area contributed by atoms with E-state index >= 15 is 0 Å². The average molecular weight is 219 g/mol. The van der Waals surface area contributed by atoms with Crippen molar-refractivity contribution in [3.8, 4) is 0 Å². The van der Waals surface area contributed by atoms with E-state index in [0.717, 1.165) is 17.0 Å². The predicted octanol–water partition coefficient (Wildman–Crippen LogP) is 1.65. The molecule has 16 heavy (non-hydrogen) atoms. The lowest BCUT2D eigenvalue weighted by molar-refractivity contribution is 0.406. The van der Waals surface area contributed by atoms with Crippen molar-refractivity contribution in [3.63, 3.8) is 0 Å². The number of hydrogen-bond acceptors (Lipinski definition) is 4. The number of imidazole rings is 1. The van der Waals surface area contributed by atoms with Crippen LogP contribution in [0.5, 0.6) is 0 Å². The molecule has 0 saturated heterocycles. The van der Waals surface area contributed by atoms with Crippen LogP contribution in [0.4, 0.5) is 5.82 Å². The fourth-order valence-electron chi connectivity index (χ4n) is 1.64. The molecule has 0 unspecified atom stereocenters. The number of aromatic nitrogens is 4. The molecule has 0 N–H and O–H groups in total. The van der Waals surface area contributed by atoms with Gasteiger partial charge in [0.15, 0.2) is 17.0 Å². The summed E-state index contributed by atoms with van der Waals surface area (Å²) in [6.45, 7) is 6.39. The summed E-state index contributed by atoms with van der Waals surface area (Å²) in [7, 11) is 3.91. The van der Waals surface area contributed by atoms with Gasteiger partial charge in [-0.2, -0.15) is 0 Å². The van der Waals surface area contributed by atoms with Gasteiger partial charge < -0.3 is 9.47 Å². The Hall–Kier alpha value is -1.65. The van der Waals surface area contributed by atoms with Crippen LogP contribution < -0.4 is 4.90 Å². The third-order valence-electron chi connectivity index (χ3n) is 2.46. The van der Waals surface area contributed by atoms with Crippen molar-refractivity contribution >= 4 is 17.0 Å². The van der Waals surface area contributed by atoms with E-state index in [1.165, 1.54) is 0 Å². The van der Waals surface area contributed by atoms with E-state index in [2.05, 4.69) is 40.3 Å². The molecule has 5 heteroatoms. The van der Waals surface area contributed by atoms with Gasteiger partial charge in [-0.3, -0.25) is 0 Å². The van der Waals surface area contributed by atoms with Gasteiger partial charge in [-0.15, -0.1) is 0 Å². The Bertz CT molecular complexity index is 507. The smallest absolute Gasteiger partial charge is 0.165 e. The van der Waals surface area contributed by atoms with Crippen LogP contribution in [0.3, 0.4) is 0 Å². The summed E-state index contributed by atoms with van der Waals surface area (Å²) in [5.74, 6) is 0.855. The zero-order valence-corrected chi connectivity index (χ0v) is 10.4. The molecule has 0 aliphatic carbocycles. The lowest BCUT2D eigenvalue weighted by Crippen LogP contribution is -2.21. The van der Waals surface area contributed by atoms with Crippen molar-refractivity contribution in [3.05, 3.63) is 12.7 Å². The highest BCUT2D eigenvalue weighted by molar-refractivity contribution is 5.83. The molecule has 0 aliphatic rings. The summed E-state index contributed by atoms with van der Waals surface area (Å²) in [6, 6.07) is 0. The van der Waals surface area contributed by atoms with Gasteiger partial charge in [0.25, 0.3) is 0 Å². The molecule has 2 aromatic heterocycles. The normalized spacial score (nSPS) is 12.1. The van der Waals surface area contributed by atoms with Crippen molar-refractivity contribution in [1.29, 1.82) is 0 Å². The molecule has 0 saturated carbocycles. The topological polar surface area (TPSA) is 46.8 Å². The maximum Gasteiger partial charge on any atom is 0.165 e. The highest BCUT2D eigenvalue weighted by atomic mass is 15.2. The van der Waals surface area contributed by atoms with Gasteiger partial charge in [0, 0.05) is 19.6 Å². The molecule has 2 heterocycles. The molecule has 0 fully saturated rings. The molecule has 0 spiro atoms. The first kappa shape index (κ1) is 10.9. The van der Waals surface area contributed by atoms with Gasteiger partial charge in [0.1, 0.15) is 6.33 Å². The van der Waals surface area contributed by atoms with Crippen molar-refractivity contribution in [1.82, 2.24) is 19.5 Å². The van der Waals surface area contributed by atoms with E-state index in [-0.39, 0.29) is 5.54 Å². The van der Waals surface area contributed by atoms with Crippen molar-refractivity contribution in [2.45, 2.75) is 26.3 Å². The van der Waals surface area contributed by atoms with E-state index < -0.39 is 0 Å². The lowest BCUT2D eigenvalue weighted by atomic mass is 10.1. The van der Waals surface area contributed by atoms with Crippen molar-refractivity contribution in [2.75, 3.05) is 19.0 Å². The standard InChI is InChI=1S/C11H17N5/c1-11(2,3)16-7-14-8-9(15(4)5)12-6-13-10(8)16/h6-7H,1-5H3. The van der Waals surface area contributed by atoms with E-state index in [1.54, 1.807) is 6.33 Å². The summed E-state index contributed by atoms with van der Waals surface area (Å²) in [6.07, 6.45) is 3.41. The molecule has 0 atom stereocenters. The number of nitrogens with zero attached hydrogens (tertiary/aromatic N) is 5. The number of hydrogen-bond donors (Lipinski definition) is 0. The Kier molecular flexibility index (Phi) is 2.33. The zero-order chi connectivity index (χ0) is 11.9. The highest BCUT2D eigenvalue weighted by Crippen LogP contribution is 2.24. The fourth-order valence-corrected chi connectivity index (χ4v) is 1.64. The van der Waals surface area contributed by atoms with Crippen LogP contribution in [0.1, 0.15) is 20.8 Å². The number of rotatable bonds is 1. The summed E-state index contributed by atoms with van der Waals surface area (Å²) in [5, 5.41) is 0. The monoisotopic (exact) mass is 219 g/mol. The molecular formula is C11H17N5. The van der Waals surface area contributed by atoms with Gasteiger partial charge in [0.2, 0.25) is 0 Å². The minimum atomic E-state index is -0.0211. The van der Waals surface area contributed by atoms with Gasteiger partial charge in [-0.05, 0) is 20.8 Å². The van der Waals surface area contributed by atoms with Gasteiger partial charge in [-0.1, -0.05) is 0 Å². The summed E-state index contributed by atoms with van der Waals surface area (Å²) in [4.78, 5) is 14.9. The largest absolute Gasteiger partial charge is 0.361 e. The Balaban J connectivity index is 2.71. The van der Waals surface area contributed by atoms with Crippen LogP contribution in [0.25, 0.3) is 11.2 Å². The number of anilines is 1. The minimum Gasteiger partial charge on any atom is -0.361 e. The third kappa shape index (κ3) is 1.62. The van der Waals surface area contributed by atoms with E-state index in [1.807, 2.05) is 25.3 Å². The molecular weight excluding hydrogens is 202 g/mol. The maximum absolute atomic E-state index is 4.40. The second kappa shape index (κ2) is 3.43. The minimum absolute atomic E-state index is 0.0211. The molecule has 0 aliphatic heterocycles. The van der Waals surface area contributed by atoms with Gasteiger partial charge in [0.05, 0.1) is 6.33 Å². The second-order valence-corrected chi connectivity index (χ2v) is 5.05. The average Bonchev–Trinajstić information content (AvgIpc) is 2.59. The molecule has 0 amide bonds. The van der Waals surface area contributed by atoms with Crippen LogP contribution >= 0.6 is 0 Å². The Morgan fingerprint density at radius 1 is 1.12 bits per heavy atom. The van der Waals surface area contributed by atoms with Gasteiger partial charge in [-0.25, -0.2) is 15.0 Å². The van der Waals surface area contributed by atoms with Crippen molar-refractivity contribution in [2.24, 2.45) is 0 Å². The molecule has 0 radical (unpaired) electrons. The summed E-state index contributed by atoms with van der Waals surface area (Å²) in [5.41, 5.74) is 1.71. The van der Waals surface area contributed by atoms with Crippen LogP contribution in [0.15, 0.2) is 12.7 Å². The third-order valence-corrected chi connectivity index (χ3v) is 2.46. The Morgan fingerprint density at radius 2 is 1.81 bits per heavy atom. The molecule has 0 aromatic carbocycles. The molecule has 2 aromatic rings. The van der Waals surface area contributed by atoms with Crippen molar-refractivity contribution < 1.29 is 0 Å². The maximum atomic E-state index is 4.40. The SMILES string of the molecule is CN(C)c1ncnc2c1ncn2C(C)(C)C. The highest BCUT2D eigenvalue weighted by Gasteiger charge is 2.19. The summed E-state index contributed by atoms with van der Waals surface area (Å²) < 4.78 is 2.07. The second-order valence-electron chi connectivity index (χ2n) is 5.05. The first-order valence-corrected chi connectivity index (χ1v) is 5.27. The predicted molar refractivity (Wildman–Crippen MR) is 64.6 cm³/mol. The molecule has 5 nitrogen and oxygen atoms in total. The van der Waals surface area contributed by atoms with Crippen LogP contribution in [-0.4, -0.2) is 33.6 Å². The first-order chi connectivity index (χ1) is 7.41. The van der Waals surface area contributed by atoms with Crippen LogP contribution in [0, 0.1) is 0 Å².